The van der Waals surface area contributed by atoms with Crippen LogP contribution < -0.4 is 10.2 Å². The van der Waals surface area contributed by atoms with Crippen molar-refractivity contribution >= 4 is 39.9 Å². The van der Waals surface area contributed by atoms with E-state index in [2.05, 4.69) is 14.6 Å². The van der Waals surface area contributed by atoms with Crippen molar-refractivity contribution in [3.8, 4) is 0 Å². The van der Waals surface area contributed by atoms with Crippen molar-refractivity contribution in [3.63, 3.8) is 0 Å². The Balaban J connectivity index is 1.26. The number of carbonyl (C=O) groups excluding carboxylic acids is 1. The number of aryl methyl sites for hydroxylation is 1. The van der Waals surface area contributed by atoms with E-state index in [1.54, 1.807) is 19.1 Å². The van der Waals surface area contributed by atoms with Gasteiger partial charge >= 0.3 is 0 Å². The third-order valence-corrected chi connectivity index (χ3v) is 6.90. The summed E-state index contributed by atoms with van der Waals surface area (Å²) in [6, 6.07) is 12.3. The molecule has 1 fully saturated rings. The van der Waals surface area contributed by atoms with Gasteiger partial charge in [-0.3, -0.25) is 14.9 Å². The molecule has 172 valence electrons. The number of hydrogen-bond donors (Lipinski definition) is 1. The van der Waals surface area contributed by atoms with Crippen molar-refractivity contribution in [3.05, 3.63) is 80.1 Å². The Bertz CT molecular complexity index is 1140. The smallest absolute Gasteiger partial charge is 0.273 e. The third-order valence-electron chi connectivity index (χ3n) is 5.84. The Morgan fingerprint density at radius 1 is 1.24 bits per heavy atom. The lowest BCUT2D eigenvalue weighted by molar-refractivity contribution is -0.385. The minimum absolute atomic E-state index is 0.0385. The first-order valence-electron chi connectivity index (χ1n) is 10.7. The van der Waals surface area contributed by atoms with Crippen molar-refractivity contribution in [2.75, 3.05) is 24.5 Å². The fourth-order valence-electron chi connectivity index (χ4n) is 3.84. The minimum atomic E-state index is -0.462. The van der Waals surface area contributed by atoms with Gasteiger partial charge in [-0.15, -0.1) is 0 Å². The molecule has 1 N–H and O–H groups in total. The zero-order chi connectivity index (χ0) is 23.4. The highest BCUT2D eigenvalue weighted by atomic mass is 35.5. The van der Waals surface area contributed by atoms with Crippen LogP contribution in [0.1, 0.15) is 40.2 Å². The van der Waals surface area contributed by atoms with Gasteiger partial charge in [-0.1, -0.05) is 29.8 Å². The maximum atomic E-state index is 12.5. The van der Waals surface area contributed by atoms with Gasteiger partial charge in [0, 0.05) is 59.8 Å². The molecule has 1 aliphatic heterocycles. The normalized spacial score (nSPS) is 14.3. The number of nitrogens with zero attached hydrogens (tertiary/aromatic N) is 4. The van der Waals surface area contributed by atoms with Crippen LogP contribution in [0.15, 0.2) is 42.5 Å². The summed E-state index contributed by atoms with van der Waals surface area (Å²) < 4.78 is 4.50. The lowest BCUT2D eigenvalue weighted by atomic mass is 9.97. The van der Waals surface area contributed by atoms with E-state index in [0.29, 0.717) is 35.0 Å². The van der Waals surface area contributed by atoms with Crippen molar-refractivity contribution in [1.82, 2.24) is 14.7 Å². The molecule has 1 amide bonds. The molecule has 4 rings (SSSR count). The molecule has 1 aliphatic rings. The van der Waals surface area contributed by atoms with Crippen molar-refractivity contribution in [1.29, 1.82) is 0 Å². The second-order valence-electron chi connectivity index (χ2n) is 8.20. The molecule has 0 unspecified atom stereocenters. The maximum Gasteiger partial charge on any atom is 0.273 e. The first-order valence-corrected chi connectivity index (χ1v) is 11.9. The van der Waals surface area contributed by atoms with Crippen LogP contribution in [0.2, 0.25) is 5.02 Å². The number of nitrogens with one attached hydrogen (secondary N) is 1. The number of nitro benzene ring substituents is 1. The van der Waals surface area contributed by atoms with Crippen LogP contribution in [0.4, 0.5) is 10.8 Å². The molecule has 1 saturated heterocycles. The second kappa shape index (κ2) is 10.3. The van der Waals surface area contributed by atoms with Crippen molar-refractivity contribution in [2.45, 2.75) is 26.2 Å². The zero-order valence-electron chi connectivity index (χ0n) is 18.2. The molecule has 2 aromatic carbocycles. The molecule has 1 aromatic heterocycles. The van der Waals surface area contributed by atoms with Crippen LogP contribution in [-0.4, -0.2) is 39.8 Å². The molecule has 0 spiro atoms. The fourth-order valence-corrected chi connectivity index (χ4v) is 4.71. The Morgan fingerprint density at radius 3 is 2.67 bits per heavy atom. The number of nitro groups is 1. The monoisotopic (exact) mass is 485 g/mol. The summed E-state index contributed by atoms with van der Waals surface area (Å²) in [5.41, 5.74) is 1.93. The molecule has 2 heterocycles. The van der Waals surface area contributed by atoms with Crippen LogP contribution in [-0.2, 0) is 6.42 Å². The molecular weight excluding hydrogens is 462 g/mol. The fraction of sp³-hybridized carbons (Fsp3) is 0.348. The number of rotatable bonds is 7. The second-order valence-corrected chi connectivity index (χ2v) is 9.36. The topological polar surface area (TPSA) is 101 Å². The first-order chi connectivity index (χ1) is 15.9. The van der Waals surface area contributed by atoms with E-state index < -0.39 is 4.92 Å². The summed E-state index contributed by atoms with van der Waals surface area (Å²) in [7, 11) is 0. The van der Waals surface area contributed by atoms with Crippen LogP contribution >= 0.6 is 23.1 Å². The summed E-state index contributed by atoms with van der Waals surface area (Å²) in [5.74, 6) is 0.877. The van der Waals surface area contributed by atoms with Gasteiger partial charge in [0.2, 0.25) is 5.13 Å². The van der Waals surface area contributed by atoms with E-state index in [4.69, 9.17) is 16.6 Å². The van der Waals surface area contributed by atoms with E-state index >= 15 is 0 Å². The number of aromatic nitrogens is 2. The van der Waals surface area contributed by atoms with Crippen LogP contribution in [0.25, 0.3) is 0 Å². The number of amides is 1. The Hall–Kier alpha value is -3.04. The molecule has 10 heteroatoms. The van der Waals surface area contributed by atoms with Gasteiger partial charge in [0.25, 0.3) is 11.6 Å². The summed E-state index contributed by atoms with van der Waals surface area (Å²) in [5, 5.41) is 15.7. The van der Waals surface area contributed by atoms with E-state index in [1.165, 1.54) is 17.6 Å². The molecule has 33 heavy (non-hydrogen) atoms. The molecule has 0 saturated carbocycles. The summed E-state index contributed by atoms with van der Waals surface area (Å²) in [6.07, 6.45) is 2.54. The summed E-state index contributed by atoms with van der Waals surface area (Å²) in [6.45, 7) is 3.91. The van der Waals surface area contributed by atoms with E-state index in [0.717, 1.165) is 42.5 Å². The average Bonchev–Trinajstić information content (AvgIpc) is 3.28. The van der Waals surface area contributed by atoms with Crippen molar-refractivity contribution in [2.24, 2.45) is 5.92 Å². The Kier molecular flexibility index (Phi) is 7.20. The Morgan fingerprint density at radius 2 is 1.97 bits per heavy atom. The molecule has 8 nitrogen and oxygen atoms in total. The molecule has 0 radical (unpaired) electrons. The number of benzene rings is 2. The standard InChI is InChI=1S/C23H24ClN5O3S/c1-15-2-5-18(13-20(15)29(31)32)22(30)25-14-17-8-10-28(11-9-17)23-26-21(27-33-23)12-16-3-6-19(24)7-4-16/h2-7,13,17H,8-12,14H2,1H3,(H,25,30). The van der Waals surface area contributed by atoms with Gasteiger partial charge in [0.05, 0.1) is 4.92 Å². The number of anilines is 1. The van der Waals surface area contributed by atoms with Gasteiger partial charge in [-0.25, -0.2) is 4.98 Å². The van der Waals surface area contributed by atoms with Gasteiger partial charge < -0.3 is 10.2 Å². The average molecular weight is 486 g/mol. The molecule has 0 atom stereocenters. The first kappa shape index (κ1) is 23.1. The largest absolute Gasteiger partial charge is 0.352 e. The van der Waals surface area contributed by atoms with Crippen molar-refractivity contribution < 1.29 is 9.72 Å². The third kappa shape index (κ3) is 5.85. The summed E-state index contributed by atoms with van der Waals surface area (Å²) >= 11 is 7.36. The molecular formula is C23H24ClN5O3S. The van der Waals surface area contributed by atoms with E-state index in [1.807, 2.05) is 24.3 Å². The SMILES string of the molecule is Cc1ccc(C(=O)NCC2CCN(c3nc(Cc4ccc(Cl)cc4)ns3)CC2)cc1[N+](=O)[O-]. The van der Waals surface area contributed by atoms with Crippen LogP contribution in [0.3, 0.4) is 0 Å². The Labute approximate surface area is 200 Å². The quantitative estimate of drug-likeness (QED) is 0.386. The highest BCUT2D eigenvalue weighted by Crippen LogP contribution is 2.26. The van der Waals surface area contributed by atoms with E-state index in [9.17, 15) is 14.9 Å². The highest BCUT2D eigenvalue weighted by molar-refractivity contribution is 7.09. The van der Waals surface area contributed by atoms with Crippen LogP contribution in [0.5, 0.6) is 0 Å². The molecule has 0 bridgehead atoms. The van der Waals surface area contributed by atoms with Gasteiger partial charge in [-0.05, 0) is 49.4 Å². The number of piperidine rings is 1. The number of carbonyl (C=O) groups is 1. The van der Waals surface area contributed by atoms with Gasteiger partial charge in [-0.2, -0.15) is 4.37 Å². The van der Waals surface area contributed by atoms with Gasteiger partial charge in [0.1, 0.15) is 5.82 Å². The number of hydrogen-bond acceptors (Lipinski definition) is 7. The lowest BCUT2D eigenvalue weighted by Gasteiger charge is -2.31. The molecule has 0 aliphatic carbocycles. The molecule has 3 aromatic rings. The highest BCUT2D eigenvalue weighted by Gasteiger charge is 2.23. The minimum Gasteiger partial charge on any atom is -0.352 e. The van der Waals surface area contributed by atoms with Gasteiger partial charge in [0.15, 0.2) is 0 Å². The predicted molar refractivity (Wildman–Crippen MR) is 129 cm³/mol. The number of halogens is 1. The summed E-state index contributed by atoms with van der Waals surface area (Å²) in [4.78, 5) is 30.0. The zero-order valence-corrected chi connectivity index (χ0v) is 19.7. The van der Waals surface area contributed by atoms with Crippen LogP contribution in [0, 0.1) is 23.0 Å². The van der Waals surface area contributed by atoms with E-state index in [-0.39, 0.29) is 11.6 Å². The lowest BCUT2D eigenvalue weighted by Crippen LogP contribution is -2.38. The maximum absolute atomic E-state index is 12.5. The predicted octanol–water partition coefficient (Wildman–Crippen LogP) is 4.65.